The molecule has 0 aliphatic heterocycles. The third kappa shape index (κ3) is 5.67. The maximum Gasteiger partial charge on any atom is 0.161 e. The molecular weight excluding hydrogens is 537 g/mol. The van der Waals surface area contributed by atoms with Gasteiger partial charge in [0.1, 0.15) is 11.3 Å². The van der Waals surface area contributed by atoms with Gasteiger partial charge in [-0.1, -0.05) is 11.7 Å². The van der Waals surface area contributed by atoms with Crippen LogP contribution >= 0.6 is 9.39 Å². The van der Waals surface area contributed by atoms with Crippen molar-refractivity contribution in [2.45, 2.75) is 26.4 Å². The van der Waals surface area contributed by atoms with Gasteiger partial charge in [0.25, 0.3) is 0 Å². The van der Waals surface area contributed by atoms with Crippen LogP contribution in [0.4, 0.5) is 10.1 Å². The standard InChI is InChI=1S/C30H30FN9S/c1-17(2)35-22-11-20(13-32-14-22)24-6-7-25-28(36-24)29(40-39-25)30-37-26-16-33-15-23(27(26)38-30)19-8-18(9-21(31)10-19)12-34-41(3,4)5/h6-11,13-17,34-35H,3-4,12H2,1-2,5H3,(H,37,38)(H,39,40). The van der Waals surface area contributed by atoms with Crippen LogP contribution in [0.5, 0.6) is 0 Å². The molecule has 5 aromatic heterocycles. The Balaban J connectivity index is 1.40. The van der Waals surface area contributed by atoms with E-state index in [4.69, 9.17) is 9.97 Å². The summed E-state index contributed by atoms with van der Waals surface area (Å²) in [5.74, 6) is 8.27. The van der Waals surface area contributed by atoms with Crippen LogP contribution < -0.4 is 10.0 Å². The quantitative estimate of drug-likeness (QED) is 0.169. The summed E-state index contributed by atoms with van der Waals surface area (Å²) in [5.41, 5.74) is 8.14. The van der Waals surface area contributed by atoms with E-state index in [1.807, 2.05) is 30.5 Å². The fourth-order valence-corrected chi connectivity index (χ4v) is 5.15. The summed E-state index contributed by atoms with van der Waals surface area (Å²) in [5, 5.41) is 11.0. The number of nitrogens with zero attached hydrogens (tertiary/aromatic N) is 5. The Morgan fingerprint density at radius 2 is 1.76 bits per heavy atom. The van der Waals surface area contributed by atoms with Crippen LogP contribution in [0.25, 0.3) is 56.0 Å². The number of aromatic nitrogens is 7. The molecule has 0 saturated carbocycles. The molecule has 0 spiro atoms. The Kier molecular flexibility index (Phi) is 6.76. The van der Waals surface area contributed by atoms with Crippen molar-refractivity contribution >= 4 is 48.9 Å². The van der Waals surface area contributed by atoms with E-state index in [1.165, 1.54) is 12.1 Å². The second-order valence-corrected chi connectivity index (χ2v) is 13.4. The Morgan fingerprint density at radius 1 is 0.927 bits per heavy atom. The molecule has 0 bridgehead atoms. The largest absolute Gasteiger partial charge is 0.382 e. The Morgan fingerprint density at radius 3 is 2.56 bits per heavy atom. The molecule has 41 heavy (non-hydrogen) atoms. The van der Waals surface area contributed by atoms with Crippen molar-refractivity contribution in [3.05, 3.63) is 72.6 Å². The van der Waals surface area contributed by atoms with Gasteiger partial charge in [-0.05, 0) is 67.6 Å². The molecule has 1 aromatic carbocycles. The van der Waals surface area contributed by atoms with E-state index in [0.717, 1.165) is 28.0 Å². The van der Waals surface area contributed by atoms with Gasteiger partial charge in [0.15, 0.2) is 11.5 Å². The number of fused-ring (bicyclic) bond motifs is 2. The molecule has 5 heterocycles. The van der Waals surface area contributed by atoms with Crippen molar-refractivity contribution < 1.29 is 4.39 Å². The number of hydrogen-bond donors (Lipinski definition) is 4. The van der Waals surface area contributed by atoms with Crippen molar-refractivity contribution in [3.8, 4) is 33.9 Å². The minimum Gasteiger partial charge on any atom is -0.382 e. The van der Waals surface area contributed by atoms with E-state index in [0.29, 0.717) is 45.7 Å². The van der Waals surface area contributed by atoms with E-state index in [2.05, 4.69) is 60.8 Å². The molecule has 208 valence electrons. The van der Waals surface area contributed by atoms with Crippen LogP contribution in [0, 0.1) is 5.82 Å². The number of halogens is 1. The monoisotopic (exact) mass is 567 g/mol. The zero-order valence-corrected chi connectivity index (χ0v) is 23.8. The van der Waals surface area contributed by atoms with Gasteiger partial charge in [0, 0.05) is 42.3 Å². The summed E-state index contributed by atoms with van der Waals surface area (Å²) in [4.78, 5) is 21.9. The lowest BCUT2D eigenvalue weighted by atomic mass is 10.0. The maximum atomic E-state index is 14.7. The average molecular weight is 568 g/mol. The summed E-state index contributed by atoms with van der Waals surface area (Å²) in [7, 11) is -1.44. The number of pyridine rings is 3. The van der Waals surface area contributed by atoms with Crippen LogP contribution in [0.15, 0.2) is 61.2 Å². The van der Waals surface area contributed by atoms with E-state index in [9.17, 15) is 4.39 Å². The minimum atomic E-state index is -1.44. The van der Waals surface area contributed by atoms with E-state index in [1.54, 1.807) is 24.8 Å². The SMILES string of the molecule is C=S(=C)(C)NCc1cc(F)cc(-c2cncc3[nH]c(-c4n[nH]c5ccc(-c6cncc(NC(C)C)c6)nc45)nc23)c1. The van der Waals surface area contributed by atoms with E-state index >= 15 is 0 Å². The van der Waals surface area contributed by atoms with Crippen LogP contribution in [0.3, 0.4) is 0 Å². The molecule has 0 radical (unpaired) electrons. The van der Waals surface area contributed by atoms with Gasteiger partial charge in [-0.3, -0.25) is 19.8 Å². The highest BCUT2D eigenvalue weighted by Gasteiger charge is 2.18. The number of nitrogens with one attached hydrogen (secondary N) is 4. The van der Waals surface area contributed by atoms with Gasteiger partial charge >= 0.3 is 0 Å². The molecule has 4 N–H and O–H groups in total. The highest BCUT2D eigenvalue weighted by Crippen LogP contribution is 2.32. The van der Waals surface area contributed by atoms with E-state index < -0.39 is 9.39 Å². The molecular formula is C30H30FN9S. The molecule has 0 aliphatic rings. The first kappa shape index (κ1) is 26.6. The van der Waals surface area contributed by atoms with Crippen LogP contribution in [-0.2, 0) is 6.54 Å². The zero-order valence-electron chi connectivity index (χ0n) is 23.0. The van der Waals surface area contributed by atoms with Crippen LogP contribution in [0.1, 0.15) is 19.4 Å². The molecule has 0 aliphatic carbocycles. The van der Waals surface area contributed by atoms with Crippen molar-refractivity contribution in [2.75, 3.05) is 11.6 Å². The molecule has 0 amide bonds. The smallest absolute Gasteiger partial charge is 0.161 e. The molecule has 6 rings (SSSR count). The molecule has 6 aromatic rings. The highest BCUT2D eigenvalue weighted by molar-refractivity contribution is 8.25. The number of anilines is 1. The average Bonchev–Trinajstić information content (AvgIpc) is 3.54. The predicted octanol–water partition coefficient (Wildman–Crippen LogP) is 5.89. The Bertz CT molecular complexity index is 2010. The highest BCUT2D eigenvalue weighted by atomic mass is 32.2. The number of imidazole rings is 1. The van der Waals surface area contributed by atoms with Crippen molar-refractivity contribution in [2.24, 2.45) is 0 Å². The van der Waals surface area contributed by atoms with Gasteiger partial charge in [-0.2, -0.15) is 14.5 Å². The fourth-order valence-electron chi connectivity index (χ4n) is 4.64. The number of H-pyrrole nitrogens is 2. The third-order valence-electron chi connectivity index (χ3n) is 6.41. The summed E-state index contributed by atoms with van der Waals surface area (Å²) in [6.45, 7) is 4.62. The number of benzene rings is 1. The Hall–Kier alpha value is -4.61. The lowest BCUT2D eigenvalue weighted by Crippen LogP contribution is -2.09. The first-order chi connectivity index (χ1) is 19.6. The molecule has 0 saturated heterocycles. The van der Waals surface area contributed by atoms with Crippen LogP contribution in [0.2, 0.25) is 0 Å². The van der Waals surface area contributed by atoms with Gasteiger partial charge in [-0.15, -0.1) is 0 Å². The molecule has 9 nitrogen and oxygen atoms in total. The zero-order chi connectivity index (χ0) is 28.7. The molecule has 0 unspecified atom stereocenters. The van der Waals surface area contributed by atoms with Crippen LogP contribution in [-0.4, -0.2) is 59.2 Å². The summed E-state index contributed by atoms with van der Waals surface area (Å²) in [6, 6.07) is 11.1. The topological polar surface area (TPSA) is 120 Å². The fraction of sp³-hybridized carbons (Fsp3) is 0.167. The van der Waals surface area contributed by atoms with Gasteiger partial charge in [0.05, 0.1) is 34.1 Å². The lowest BCUT2D eigenvalue weighted by Gasteiger charge is -2.12. The number of rotatable bonds is 8. The lowest BCUT2D eigenvalue weighted by molar-refractivity contribution is 0.625. The van der Waals surface area contributed by atoms with Gasteiger partial charge in [-0.25, -0.2) is 14.4 Å². The number of aromatic amines is 2. The third-order valence-corrected chi connectivity index (χ3v) is 7.25. The van der Waals surface area contributed by atoms with Crippen molar-refractivity contribution in [3.63, 3.8) is 0 Å². The second kappa shape index (κ2) is 10.4. The first-order valence-corrected chi connectivity index (χ1v) is 15.4. The van der Waals surface area contributed by atoms with Crippen molar-refractivity contribution in [1.82, 2.24) is 39.8 Å². The molecule has 0 atom stereocenters. The van der Waals surface area contributed by atoms with Gasteiger partial charge < -0.3 is 10.3 Å². The first-order valence-electron chi connectivity index (χ1n) is 13.0. The number of hydrogen-bond acceptors (Lipinski definition) is 7. The second-order valence-electron chi connectivity index (χ2n) is 10.5. The summed E-state index contributed by atoms with van der Waals surface area (Å²) < 4.78 is 17.9. The van der Waals surface area contributed by atoms with Gasteiger partial charge in [0.2, 0.25) is 0 Å². The van der Waals surface area contributed by atoms with Crippen molar-refractivity contribution in [1.29, 1.82) is 0 Å². The normalized spacial score (nSPS) is 12.0. The predicted molar refractivity (Wildman–Crippen MR) is 169 cm³/mol. The molecule has 0 fully saturated rings. The minimum absolute atomic E-state index is 0.283. The Labute approximate surface area is 237 Å². The van der Waals surface area contributed by atoms with E-state index in [-0.39, 0.29) is 11.9 Å². The summed E-state index contributed by atoms with van der Waals surface area (Å²) >= 11 is 0. The summed E-state index contributed by atoms with van der Waals surface area (Å²) in [6.07, 6.45) is 8.92. The molecule has 11 heteroatoms. The maximum absolute atomic E-state index is 14.7.